The van der Waals surface area contributed by atoms with Crippen molar-refractivity contribution in [2.45, 2.75) is 26.3 Å². The van der Waals surface area contributed by atoms with Crippen molar-refractivity contribution < 1.29 is 14.3 Å². The number of nitrogens with one attached hydrogen (secondary N) is 1. The largest absolute Gasteiger partial charge is 0.454 e. The van der Waals surface area contributed by atoms with Gasteiger partial charge in [-0.3, -0.25) is 9.48 Å². The molecule has 1 aliphatic heterocycles. The molecule has 3 aromatic carbocycles. The molecular formula is C25H23N3O3. The Hall–Kier alpha value is -3.80. The second kappa shape index (κ2) is 7.80. The first-order valence-electron chi connectivity index (χ1n) is 10.3. The molecule has 1 aliphatic rings. The van der Waals surface area contributed by atoms with E-state index in [2.05, 4.69) is 48.5 Å². The van der Waals surface area contributed by atoms with Crippen LogP contribution in [0, 0.1) is 0 Å². The van der Waals surface area contributed by atoms with E-state index in [0.717, 1.165) is 16.5 Å². The Bertz CT molecular complexity index is 1260. The van der Waals surface area contributed by atoms with Gasteiger partial charge in [0.05, 0.1) is 12.1 Å². The number of rotatable bonds is 5. The van der Waals surface area contributed by atoms with Crippen molar-refractivity contribution in [3.05, 3.63) is 83.6 Å². The molecule has 0 spiro atoms. The normalized spacial score (nSPS) is 12.5. The summed E-state index contributed by atoms with van der Waals surface area (Å²) in [6, 6.07) is 21.7. The van der Waals surface area contributed by atoms with Crippen LogP contribution in [0.1, 0.15) is 41.4 Å². The molecule has 1 N–H and O–H groups in total. The highest BCUT2D eigenvalue weighted by Crippen LogP contribution is 2.34. The van der Waals surface area contributed by atoms with Gasteiger partial charge in [-0.05, 0) is 35.2 Å². The lowest BCUT2D eigenvalue weighted by molar-refractivity contribution is 0.102. The van der Waals surface area contributed by atoms with Gasteiger partial charge in [0.1, 0.15) is 0 Å². The van der Waals surface area contributed by atoms with Crippen molar-refractivity contribution in [1.29, 1.82) is 0 Å². The minimum Gasteiger partial charge on any atom is -0.454 e. The van der Waals surface area contributed by atoms with Gasteiger partial charge in [-0.15, -0.1) is 0 Å². The van der Waals surface area contributed by atoms with Crippen LogP contribution in [0.5, 0.6) is 11.5 Å². The molecule has 0 saturated carbocycles. The molecule has 1 aromatic heterocycles. The predicted molar refractivity (Wildman–Crippen MR) is 120 cm³/mol. The lowest BCUT2D eigenvalue weighted by Gasteiger charge is -2.08. The maximum absolute atomic E-state index is 13.1. The van der Waals surface area contributed by atoms with Crippen molar-refractivity contribution in [1.82, 2.24) is 9.78 Å². The standard InChI is InChI=1S/C25H23N3O3/c1-16(2)18-9-7-17(8-10-18)14-28-21-6-4-3-5-20(21)24(27-28)25(29)26-19-11-12-22-23(13-19)31-15-30-22/h3-13,16H,14-15H2,1-2H3,(H,26,29). The minimum absolute atomic E-state index is 0.194. The summed E-state index contributed by atoms with van der Waals surface area (Å²) in [6.07, 6.45) is 0. The molecule has 156 valence electrons. The van der Waals surface area contributed by atoms with Crippen LogP contribution in [0.4, 0.5) is 5.69 Å². The van der Waals surface area contributed by atoms with Gasteiger partial charge >= 0.3 is 0 Å². The van der Waals surface area contributed by atoms with E-state index in [0.29, 0.717) is 35.3 Å². The Balaban J connectivity index is 1.43. The smallest absolute Gasteiger partial charge is 0.276 e. The first-order chi connectivity index (χ1) is 15.1. The Morgan fingerprint density at radius 2 is 1.81 bits per heavy atom. The molecule has 1 amide bonds. The zero-order chi connectivity index (χ0) is 21.4. The van der Waals surface area contributed by atoms with Gasteiger partial charge < -0.3 is 14.8 Å². The number of anilines is 1. The first kappa shape index (κ1) is 19.2. The van der Waals surface area contributed by atoms with Gasteiger partial charge in [-0.1, -0.05) is 56.3 Å². The van der Waals surface area contributed by atoms with E-state index in [9.17, 15) is 4.79 Å². The molecule has 0 saturated heterocycles. The molecule has 0 fully saturated rings. The monoisotopic (exact) mass is 413 g/mol. The number of carbonyl (C=O) groups is 1. The Labute approximate surface area is 180 Å². The highest BCUT2D eigenvalue weighted by molar-refractivity contribution is 6.11. The van der Waals surface area contributed by atoms with Crippen LogP contribution in [0.15, 0.2) is 66.7 Å². The van der Waals surface area contributed by atoms with Gasteiger partial charge in [0.2, 0.25) is 6.79 Å². The van der Waals surface area contributed by atoms with Gasteiger partial charge in [-0.25, -0.2) is 0 Å². The number of aromatic nitrogens is 2. The molecule has 0 radical (unpaired) electrons. The molecule has 2 heterocycles. The van der Waals surface area contributed by atoms with Gasteiger partial charge in [0.15, 0.2) is 17.2 Å². The molecule has 4 aromatic rings. The van der Waals surface area contributed by atoms with Crippen LogP contribution >= 0.6 is 0 Å². The van der Waals surface area contributed by atoms with Crippen molar-refractivity contribution in [2.75, 3.05) is 12.1 Å². The molecule has 0 aliphatic carbocycles. The molecule has 0 unspecified atom stereocenters. The van der Waals surface area contributed by atoms with Crippen LogP contribution in [0.2, 0.25) is 0 Å². The Kier molecular flexibility index (Phi) is 4.82. The first-order valence-corrected chi connectivity index (χ1v) is 10.3. The number of para-hydroxylation sites is 1. The highest BCUT2D eigenvalue weighted by Gasteiger charge is 2.19. The molecule has 31 heavy (non-hydrogen) atoms. The zero-order valence-corrected chi connectivity index (χ0v) is 17.5. The minimum atomic E-state index is -0.260. The van der Waals surface area contributed by atoms with Crippen molar-refractivity contribution in [3.8, 4) is 11.5 Å². The molecule has 6 heteroatoms. The van der Waals surface area contributed by atoms with Crippen LogP contribution < -0.4 is 14.8 Å². The number of benzene rings is 3. The summed E-state index contributed by atoms with van der Waals surface area (Å²) in [5.41, 5.74) is 4.40. The number of fused-ring (bicyclic) bond motifs is 2. The summed E-state index contributed by atoms with van der Waals surface area (Å²) >= 11 is 0. The second-order valence-corrected chi connectivity index (χ2v) is 7.94. The maximum Gasteiger partial charge on any atom is 0.276 e. The van der Waals surface area contributed by atoms with Crippen LogP contribution in [-0.2, 0) is 6.54 Å². The van der Waals surface area contributed by atoms with E-state index in [1.165, 1.54) is 5.56 Å². The number of hydrogen-bond acceptors (Lipinski definition) is 4. The number of hydrogen-bond donors (Lipinski definition) is 1. The average Bonchev–Trinajstić information content (AvgIpc) is 3.39. The third-order valence-corrected chi connectivity index (χ3v) is 5.48. The second-order valence-electron chi connectivity index (χ2n) is 7.94. The molecule has 6 nitrogen and oxygen atoms in total. The fraction of sp³-hybridized carbons (Fsp3) is 0.200. The van der Waals surface area contributed by atoms with Gasteiger partial charge in [-0.2, -0.15) is 5.10 Å². The molecular weight excluding hydrogens is 390 g/mol. The summed E-state index contributed by atoms with van der Waals surface area (Å²) < 4.78 is 12.6. The zero-order valence-electron chi connectivity index (χ0n) is 17.5. The summed E-state index contributed by atoms with van der Waals surface area (Å²) in [4.78, 5) is 13.1. The predicted octanol–water partition coefficient (Wildman–Crippen LogP) is 5.19. The van der Waals surface area contributed by atoms with Crippen LogP contribution in [0.3, 0.4) is 0 Å². The third kappa shape index (κ3) is 3.72. The molecule has 0 bridgehead atoms. The summed E-state index contributed by atoms with van der Waals surface area (Å²) in [5.74, 6) is 1.53. The third-order valence-electron chi connectivity index (χ3n) is 5.48. The van der Waals surface area contributed by atoms with E-state index in [1.54, 1.807) is 18.2 Å². The summed E-state index contributed by atoms with van der Waals surface area (Å²) in [7, 11) is 0. The Morgan fingerprint density at radius 3 is 2.61 bits per heavy atom. The van der Waals surface area contributed by atoms with Gasteiger partial charge in [0, 0.05) is 17.1 Å². The van der Waals surface area contributed by atoms with E-state index >= 15 is 0 Å². The molecule has 5 rings (SSSR count). The lowest BCUT2D eigenvalue weighted by Crippen LogP contribution is -2.14. The van der Waals surface area contributed by atoms with Crippen molar-refractivity contribution >= 4 is 22.5 Å². The van der Waals surface area contributed by atoms with Crippen molar-refractivity contribution in [2.24, 2.45) is 0 Å². The van der Waals surface area contributed by atoms with E-state index in [1.807, 2.05) is 28.9 Å². The van der Waals surface area contributed by atoms with E-state index < -0.39 is 0 Å². The number of carbonyl (C=O) groups excluding carboxylic acids is 1. The molecule has 0 atom stereocenters. The fourth-order valence-electron chi connectivity index (χ4n) is 3.76. The van der Waals surface area contributed by atoms with Crippen LogP contribution in [-0.4, -0.2) is 22.5 Å². The Morgan fingerprint density at radius 1 is 1.03 bits per heavy atom. The number of nitrogens with zero attached hydrogens (tertiary/aromatic N) is 2. The highest BCUT2D eigenvalue weighted by atomic mass is 16.7. The lowest BCUT2D eigenvalue weighted by atomic mass is 10.0. The topological polar surface area (TPSA) is 65.4 Å². The quantitative estimate of drug-likeness (QED) is 0.489. The summed E-state index contributed by atoms with van der Waals surface area (Å²) in [6.45, 7) is 5.15. The number of amides is 1. The van der Waals surface area contributed by atoms with E-state index in [-0.39, 0.29) is 12.7 Å². The van der Waals surface area contributed by atoms with Crippen molar-refractivity contribution in [3.63, 3.8) is 0 Å². The summed E-state index contributed by atoms with van der Waals surface area (Å²) in [5, 5.41) is 8.41. The fourth-order valence-corrected chi connectivity index (χ4v) is 3.76. The average molecular weight is 413 g/mol. The van der Waals surface area contributed by atoms with Gasteiger partial charge in [0.25, 0.3) is 5.91 Å². The van der Waals surface area contributed by atoms with E-state index in [4.69, 9.17) is 9.47 Å². The maximum atomic E-state index is 13.1. The number of ether oxygens (including phenoxy) is 2. The SMILES string of the molecule is CC(C)c1ccc(Cn2nc(C(=O)Nc3ccc4c(c3)OCO4)c3ccccc32)cc1. The van der Waals surface area contributed by atoms with Crippen LogP contribution in [0.25, 0.3) is 10.9 Å².